The fourth-order valence-corrected chi connectivity index (χ4v) is 2.10. The van der Waals surface area contributed by atoms with Gasteiger partial charge in [0, 0.05) is 30.7 Å². The first-order valence-electron chi connectivity index (χ1n) is 6.46. The van der Waals surface area contributed by atoms with E-state index >= 15 is 0 Å². The van der Waals surface area contributed by atoms with Gasteiger partial charge in [0.05, 0.1) is 18.3 Å². The van der Waals surface area contributed by atoms with E-state index in [4.69, 9.17) is 0 Å². The number of rotatable bonds is 4. The van der Waals surface area contributed by atoms with Gasteiger partial charge in [-0.1, -0.05) is 0 Å². The zero-order valence-corrected chi connectivity index (χ0v) is 11.9. The average molecular weight is 260 g/mol. The number of carbonyl (C=O) groups is 1. The van der Waals surface area contributed by atoms with Gasteiger partial charge in [-0.05, 0) is 32.9 Å². The molecule has 0 saturated carbocycles. The van der Waals surface area contributed by atoms with Gasteiger partial charge in [0.2, 0.25) is 0 Å². The average Bonchev–Trinajstić information content (AvgIpc) is 2.92. The van der Waals surface area contributed by atoms with Gasteiger partial charge in [0.25, 0.3) is 5.91 Å². The number of carbonyl (C=O) groups excluding carboxylic acids is 1. The summed E-state index contributed by atoms with van der Waals surface area (Å²) >= 11 is 0. The molecule has 1 amide bonds. The molecule has 1 N–H and O–H groups in total. The van der Waals surface area contributed by atoms with Crippen LogP contribution in [0.2, 0.25) is 0 Å². The Morgan fingerprint density at radius 2 is 2.11 bits per heavy atom. The monoisotopic (exact) mass is 260 g/mol. The van der Waals surface area contributed by atoms with Gasteiger partial charge >= 0.3 is 0 Å². The van der Waals surface area contributed by atoms with Crippen molar-refractivity contribution in [1.82, 2.24) is 19.7 Å². The molecule has 19 heavy (non-hydrogen) atoms. The molecule has 0 spiro atoms. The van der Waals surface area contributed by atoms with Crippen LogP contribution in [0.15, 0.2) is 18.3 Å². The van der Waals surface area contributed by atoms with Gasteiger partial charge in [-0.3, -0.25) is 9.48 Å². The summed E-state index contributed by atoms with van der Waals surface area (Å²) in [5.74, 6) is -0.0731. The number of nitrogens with zero attached hydrogens (tertiary/aromatic N) is 3. The first-order chi connectivity index (χ1) is 9.04. The molecule has 0 radical (unpaired) electrons. The predicted molar refractivity (Wildman–Crippen MR) is 74.0 cm³/mol. The smallest absolute Gasteiger partial charge is 0.255 e. The summed E-state index contributed by atoms with van der Waals surface area (Å²) in [6.07, 6.45) is 1.63. The van der Waals surface area contributed by atoms with Crippen molar-refractivity contribution in [2.24, 2.45) is 7.05 Å². The topological polar surface area (TPSA) is 51.9 Å². The molecule has 0 aliphatic rings. The van der Waals surface area contributed by atoms with Crippen LogP contribution in [-0.2, 0) is 20.1 Å². The van der Waals surface area contributed by atoms with E-state index in [1.807, 2.05) is 44.6 Å². The minimum atomic E-state index is -0.0731. The van der Waals surface area contributed by atoms with Crippen molar-refractivity contribution in [2.45, 2.75) is 33.9 Å². The Labute approximate surface area is 113 Å². The Morgan fingerprint density at radius 3 is 2.63 bits per heavy atom. The summed E-state index contributed by atoms with van der Waals surface area (Å²) in [5.41, 5.74) is 3.82. The van der Waals surface area contributed by atoms with Crippen LogP contribution in [0.25, 0.3) is 0 Å². The summed E-state index contributed by atoms with van der Waals surface area (Å²) in [4.78, 5) is 12.1. The lowest BCUT2D eigenvalue weighted by molar-refractivity contribution is 0.0949. The Morgan fingerprint density at radius 1 is 1.37 bits per heavy atom. The molecule has 5 heteroatoms. The molecule has 0 aliphatic heterocycles. The molecule has 5 nitrogen and oxygen atoms in total. The first-order valence-corrected chi connectivity index (χ1v) is 6.46. The van der Waals surface area contributed by atoms with Crippen LogP contribution in [0.1, 0.15) is 34.4 Å². The molecule has 0 aliphatic carbocycles. The van der Waals surface area contributed by atoms with Crippen molar-refractivity contribution in [3.05, 3.63) is 41.0 Å². The maximum absolute atomic E-state index is 12.1. The quantitative estimate of drug-likeness (QED) is 0.911. The second kappa shape index (κ2) is 5.30. The number of aromatic nitrogens is 3. The lowest BCUT2D eigenvalue weighted by Crippen LogP contribution is -2.24. The Bertz CT molecular complexity index is 595. The molecule has 2 rings (SSSR count). The molecular formula is C14H20N4O. The third-order valence-corrected chi connectivity index (χ3v) is 3.55. The van der Waals surface area contributed by atoms with Crippen LogP contribution in [0.4, 0.5) is 0 Å². The van der Waals surface area contributed by atoms with Crippen molar-refractivity contribution in [3.8, 4) is 0 Å². The number of hydrogen-bond acceptors (Lipinski definition) is 2. The van der Waals surface area contributed by atoms with E-state index in [2.05, 4.69) is 15.0 Å². The van der Waals surface area contributed by atoms with Crippen LogP contribution in [0, 0.1) is 13.8 Å². The molecular weight excluding hydrogens is 240 g/mol. The summed E-state index contributed by atoms with van der Waals surface area (Å²) in [7, 11) is 2.00. The van der Waals surface area contributed by atoms with Crippen LogP contribution in [0.5, 0.6) is 0 Å². The number of hydrogen-bond donors (Lipinski definition) is 1. The summed E-state index contributed by atoms with van der Waals surface area (Å²) in [5, 5.41) is 7.12. The first kappa shape index (κ1) is 13.4. The highest BCUT2D eigenvalue weighted by Gasteiger charge is 2.13. The molecule has 0 bridgehead atoms. The van der Waals surface area contributed by atoms with E-state index in [1.165, 1.54) is 5.69 Å². The Hall–Kier alpha value is -2.04. The maximum Gasteiger partial charge on any atom is 0.255 e. The second-order valence-corrected chi connectivity index (χ2v) is 4.67. The van der Waals surface area contributed by atoms with Gasteiger partial charge < -0.3 is 9.88 Å². The predicted octanol–water partition coefficient (Wildman–Crippen LogP) is 1.79. The van der Waals surface area contributed by atoms with Gasteiger partial charge in [-0.2, -0.15) is 5.10 Å². The van der Waals surface area contributed by atoms with Crippen molar-refractivity contribution < 1.29 is 4.79 Å². The van der Waals surface area contributed by atoms with E-state index in [0.29, 0.717) is 12.1 Å². The molecule has 2 aromatic heterocycles. The van der Waals surface area contributed by atoms with Crippen molar-refractivity contribution in [3.63, 3.8) is 0 Å². The van der Waals surface area contributed by atoms with Crippen LogP contribution in [-0.4, -0.2) is 20.3 Å². The zero-order chi connectivity index (χ0) is 14.0. The molecule has 0 unspecified atom stereocenters. The normalized spacial score (nSPS) is 10.7. The Balaban J connectivity index is 2.05. The third-order valence-electron chi connectivity index (χ3n) is 3.55. The second-order valence-electron chi connectivity index (χ2n) is 4.67. The molecule has 2 heterocycles. The van der Waals surface area contributed by atoms with Gasteiger partial charge in [0.15, 0.2) is 0 Å². The minimum Gasteiger partial charge on any atom is -0.350 e. The largest absolute Gasteiger partial charge is 0.350 e. The summed E-state index contributed by atoms with van der Waals surface area (Å²) < 4.78 is 3.89. The number of aryl methyl sites for hydroxylation is 2. The maximum atomic E-state index is 12.1. The van der Waals surface area contributed by atoms with Crippen molar-refractivity contribution in [2.75, 3.05) is 0 Å². The highest BCUT2D eigenvalue weighted by Crippen LogP contribution is 2.09. The Kier molecular flexibility index (Phi) is 3.74. The molecule has 2 aromatic rings. The molecule has 0 atom stereocenters. The highest BCUT2D eigenvalue weighted by molar-refractivity contribution is 5.94. The standard InChI is InChI=1S/C14H20N4O/c1-5-18-11(3)13(9-16-18)14(19)15-8-12-7-6-10(2)17(12)4/h6-7,9H,5,8H2,1-4H3,(H,15,19). The van der Waals surface area contributed by atoms with E-state index in [-0.39, 0.29) is 5.91 Å². The minimum absolute atomic E-state index is 0.0731. The molecule has 0 aromatic carbocycles. The van der Waals surface area contributed by atoms with Crippen molar-refractivity contribution in [1.29, 1.82) is 0 Å². The molecule has 0 fully saturated rings. The number of nitrogens with one attached hydrogen (secondary N) is 1. The van der Waals surface area contributed by atoms with E-state index in [1.54, 1.807) is 6.20 Å². The SMILES string of the molecule is CCn1ncc(C(=O)NCc2ccc(C)n2C)c1C. The van der Waals surface area contributed by atoms with Gasteiger partial charge in [-0.15, -0.1) is 0 Å². The zero-order valence-electron chi connectivity index (χ0n) is 11.9. The van der Waals surface area contributed by atoms with Crippen molar-refractivity contribution >= 4 is 5.91 Å². The molecule has 102 valence electrons. The fourth-order valence-electron chi connectivity index (χ4n) is 2.10. The van der Waals surface area contributed by atoms with Gasteiger partial charge in [-0.25, -0.2) is 0 Å². The van der Waals surface area contributed by atoms with E-state index < -0.39 is 0 Å². The summed E-state index contributed by atoms with van der Waals surface area (Å²) in [6.45, 7) is 7.27. The summed E-state index contributed by atoms with van der Waals surface area (Å²) in [6, 6.07) is 4.07. The lowest BCUT2D eigenvalue weighted by Gasteiger charge is -2.07. The van der Waals surface area contributed by atoms with E-state index in [9.17, 15) is 4.79 Å². The van der Waals surface area contributed by atoms with Crippen LogP contribution < -0.4 is 5.32 Å². The highest BCUT2D eigenvalue weighted by atomic mass is 16.1. The number of amides is 1. The van der Waals surface area contributed by atoms with Gasteiger partial charge in [0.1, 0.15) is 0 Å². The van der Waals surface area contributed by atoms with Crippen LogP contribution >= 0.6 is 0 Å². The third kappa shape index (κ3) is 2.54. The van der Waals surface area contributed by atoms with Crippen LogP contribution in [0.3, 0.4) is 0 Å². The van der Waals surface area contributed by atoms with E-state index in [0.717, 1.165) is 17.9 Å². The fraction of sp³-hybridized carbons (Fsp3) is 0.429. The molecule has 0 saturated heterocycles. The lowest BCUT2D eigenvalue weighted by atomic mass is 10.2.